The van der Waals surface area contributed by atoms with Crippen molar-refractivity contribution in [2.75, 3.05) is 18.5 Å². The normalized spacial score (nSPS) is 11.2. The standard InChI is InChI=1S/C20H15ClF3N3O3/c21-15-7-8-16(18-14(15)2-1-9-25-18)30-10-17(28)27-13-5-3-12(4-6-13)19(29)26-11-20(22,23)24/h1-9H,10-11H2,(H,26,29)(H,27,28). The second-order valence-electron chi connectivity index (χ2n) is 6.16. The molecule has 0 fully saturated rings. The van der Waals surface area contributed by atoms with E-state index in [1.54, 1.807) is 35.8 Å². The lowest BCUT2D eigenvalue weighted by atomic mass is 10.2. The Balaban J connectivity index is 1.57. The zero-order valence-corrected chi connectivity index (χ0v) is 16.1. The molecule has 3 aromatic rings. The predicted molar refractivity (Wildman–Crippen MR) is 106 cm³/mol. The van der Waals surface area contributed by atoms with Crippen LogP contribution in [0.3, 0.4) is 0 Å². The van der Waals surface area contributed by atoms with Gasteiger partial charge in [-0.05, 0) is 48.5 Å². The summed E-state index contributed by atoms with van der Waals surface area (Å²) in [5, 5.41) is 5.54. The summed E-state index contributed by atoms with van der Waals surface area (Å²) in [6.45, 7) is -1.73. The van der Waals surface area contributed by atoms with Crippen molar-refractivity contribution in [3.63, 3.8) is 0 Å². The van der Waals surface area contributed by atoms with Crippen LogP contribution in [0.4, 0.5) is 18.9 Å². The van der Waals surface area contributed by atoms with Crippen molar-refractivity contribution in [3.05, 3.63) is 65.3 Å². The molecule has 1 aromatic heterocycles. The van der Waals surface area contributed by atoms with Crippen LogP contribution in [0.2, 0.25) is 5.02 Å². The lowest BCUT2D eigenvalue weighted by molar-refractivity contribution is -0.123. The van der Waals surface area contributed by atoms with Gasteiger partial charge in [-0.3, -0.25) is 14.6 Å². The third kappa shape index (κ3) is 5.60. The Morgan fingerprint density at radius 3 is 2.50 bits per heavy atom. The van der Waals surface area contributed by atoms with Gasteiger partial charge in [-0.15, -0.1) is 0 Å². The fourth-order valence-corrected chi connectivity index (χ4v) is 2.77. The molecule has 0 saturated heterocycles. The van der Waals surface area contributed by atoms with E-state index in [-0.39, 0.29) is 12.2 Å². The van der Waals surface area contributed by atoms with E-state index < -0.39 is 24.5 Å². The van der Waals surface area contributed by atoms with Crippen LogP contribution in [0.5, 0.6) is 5.75 Å². The number of carbonyl (C=O) groups is 2. The molecule has 10 heteroatoms. The number of halogens is 4. The number of alkyl halides is 3. The highest BCUT2D eigenvalue weighted by atomic mass is 35.5. The first kappa shape index (κ1) is 21.4. The van der Waals surface area contributed by atoms with Crippen LogP contribution in [-0.4, -0.2) is 36.1 Å². The summed E-state index contributed by atoms with van der Waals surface area (Å²) in [5.41, 5.74) is 0.911. The van der Waals surface area contributed by atoms with E-state index in [9.17, 15) is 22.8 Å². The molecular formula is C20H15ClF3N3O3. The molecule has 0 bridgehead atoms. The monoisotopic (exact) mass is 437 g/mol. The molecule has 0 atom stereocenters. The Bertz CT molecular complexity index is 1070. The average molecular weight is 438 g/mol. The van der Waals surface area contributed by atoms with Crippen LogP contribution in [-0.2, 0) is 4.79 Å². The van der Waals surface area contributed by atoms with Gasteiger partial charge in [0, 0.05) is 22.8 Å². The number of benzene rings is 2. The third-order valence-corrected chi connectivity index (χ3v) is 4.25. The zero-order chi connectivity index (χ0) is 21.7. The van der Waals surface area contributed by atoms with Crippen molar-refractivity contribution in [3.8, 4) is 5.75 Å². The molecule has 2 N–H and O–H groups in total. The van der Waals surface area contributed by atoms with Crippen molar-refractivity contribution in [1.82, 2.24) is 10.3 Å². The van der Waals surface area contributed by atoms with Crippen LogP contribution in [0, 0.1) is 0 Å². The molecule has 30 heavy (non-hydrogen) atoms. The Kier molecular flexibility index (Phi) is 6.41. The van der Waals surface area contributed by atoms with Gasteiger partial charge >= 0.3 is 6.18 Å². The van der Waals surface area contributed by atoms with Crippen LogP contribution < -0.4 is 15.4 Å². The molecule has 0 aliphatic rings. The van der Waals surface area contributed by atoms with E-state index in [1.807, 2.05) is 0 Å². The van der Waals surface area contributed by atoms with Gasteiger partial charge in [-0.1, -0.05) is 11.6 Å². The maximum atomic E-state index is 12.2. The number of carbonyl (C=O) groups excluding carboxylic acids is 2. The summed E-state index contributed by atoms with van der Waals surface area (Å²) < 4.78 is 42.0. The maximum Gasteiger partial charge on any atom is 0.405 e. The van der Waals surface area contributed by atoms with Crippen molar-refractivity contribution in [2.45, 2.75) is 6.18 Å². The number of hydrogen-bond donors (Lipinski definition) is 2. The SMILES string of the molecule is O=C(COc1ccc(Cl)c2cccnc12)Nc1ccc(C(=O)NCC(F)(F)F)cc1. The minimum atomic E-state index is -4.49. The van der Waals surface area contributed by atoms with Gasteiger partial charge in [-0.25, -0.2) is 0 Å². The number of amides is 2. The Morgan fingerprint density at radius 1 is 1.07 bits per heavy atom. The number of rotatable bonds is 6. The number of nitrogens with zero attached hydrogens (tertiary/aromatic N) is 1. The molecule has 3 rings (SSSR count). The first-order valence-electron chi connectivity index (χ1n) is 8.64. The van der Waals surface area contributed by atoms with Crippen LogP contribution in [0.15, 0.2) is 54.7 Å². The van der Waals surface area contributed by atoms with E-state index in [0.717, 1.165) is 0 Å². The minimum Gasteiger partial charge on any atom is -0.481 e. The zero-order valence-electron chi connectivity index (χ0n) is 15.3. The smallest absolute Gasteiger partial charge is 0.405 e. The van der Waals surface area contributed by atoms with E-state index >= 15 is 0 Å². The number of ether oxygens (including phenoxy) is 1. The number of aromatic nitrogens is 1. The Labute approximate surface area is 174 Å². The molecule has 0 aliphatic carbocycles. The Hall–Kier alpha value is -3.33. The van der Waals surface area contributed by atoms with Gasteiger partial charge in [0.05, 0.1) is 5.02 Å². The first-order chi connectivity index (χ1) is 14.2. The summed E-state index contributed by atoms with van der Waals surface area (Å²) in [7, 11) is 0. The molecule has 1 heterocycles. The molecule has 2 amide bonds. The van der Waals surface area contributed by atoms with Gasteiger partial charge in [-0.2, -0.15) is 13.2 Å². The molecule has 6 nitrogen and oxygen atoms in total. The highest BCUT2D eigenvalue weighted by Crippen LogP contribution is 2.29. The highest BCUT2D eigenvalue weighted by Gasteiger charge is 2.27. The largest absolute Gasteiger partial charge is 0.481 e. The molecule has 0 spiro atoms. The van der Waals surface area contributed by atoms with Crippen molar-refractivity contribution in [1.29, 1.82) is 0 Å². The topological polar surface area (TPSA) is 80.3 Å². The fraction of sp³-hybridized carbons (Fsp3) is 0.150. The number of hydrogen-bond acceptors (Lipinski definition) is 4. The van der Waals surface area contributed by atoms with E-state index in [1.165, 1.54) is 24.3 Å². The summed E-state index contributed by atoms with van der Waals surface area (Å²) in [6, 6.07) is 12.2. The summed E-state index contributed by atoms with van der Waals surface area (Å²) in [6.07, 6.45) is -2.91. The highest BCUT2D eigenvalue weighted by molar-refractivity contribution is 6.35. The number of anilines is 1. The minimum absolute atomic E-state index is 0.0345. The molecule has 0 saturated carbocycles. The number of nitrogens with one attached hydrogen (secondary N) is 2. The van der Waals surface area contributed by atoms with E-state index in [4.69, 9.17) is 16.3 Å². The van der Waals surface area contributed by atoms with Crippen LogP contribution in [0.1, 0.15) is 10.4 Å². The lowest BCUT2D eigenvalue weighted by Crippen LogP contribution is -2.33. The molecule has 2 aromatic carbocycles. The molecule has 156 valence electrons. The Morgan fingerprint density at radius 2 is 1.80 bits per heavy atom. The molecular weight excluding hydrogens is 423 g/mol. The van der Waals surface area contributed by atoms with Gasteiger partial charge < -0.3 is 15.4 Å². The lowest BCUT2D eigenvalue weighted by Gasteiger charge is -2.11. The average Bonchev–Trinajstić information content (AvgIpc) is 2.72. The summed E-state index contributed by atoms with van der Waals surface area (Å²) in [5.74, 6) is -0.944. The molecule has 0 aliphatic heterocycles. The van der Waals surface area contributed by atoms with Gasteiger partial charge in [0.15, 0.2) is 6.61 Å². The van der Waals surface area contributed by atoms with Crippen LogP contribution >= 0.6 is 11.6 Å². The van der Waals surface area contributed by atoms with Gasteiger partial charge in [0.2, 0.25) is 0 Å². The quantitative estimate of drug-likeness (QED) is 0.605. The van der Waals surface area contributed by atoms with E-state index in [0.29, 0.717) is 27.4 Å². The van der Waals surface area contributed by atoms with Crippen molar-refractivity contribution >= 4 is 40.0 Å². The second-order valence-corrected chi connectivity index (χ2v) is 6.56. The first-order valence-corrected chi connectivity index (χ1v) is 9.01. The molecule has 0 radical (unpaired) electrons. The number of pyridine rings is 1. The second kappa shape index (κ2) is 9.00. The maximum absolute atomic E-state index is 12.2. The van der Waals surface area contributed by atoms with Crippen LogP contribution in [0.25, 0.3) is 10.9 Å². The predicted octanol–water partition coefficient (Wildman–Crippen LogP) is 4.20. The van der Waals surface area contributed by atoms with Crippen molar-refractivity contribution < 1.29 is 27.5 Å². The fourth-order valence-electron chi connectivity index (χ4n) is 2.56. The van der Waals surface area contributed by atoms with Gasteiger partial charge in [0.25, 0.3) is 11.8 Å². The third-order valence-electron chi connectivity index (χ3n) is 3.92. The summed E-state index contributed by atoms with van der Waals surface area (Å²) >= 11 is 6.12. The van der Waals surface area contributed by atoms with Crippen molar-refractivity contribution in [2.24, 2.45) is 0 Å². The van der Waals surface area contributed by atoms with Gasteiger partial charge in [0.1, 0.15) is 17.8 Å². The summed E-state index contributed by atoms with van der Waals surface area (Å²) in [4.78, 5) is 28.0. The molecule has 0 unspecified atom stereocenters. The van der Waals surface area contributed by atoms with E-state index in [2.05, 4.69) is 10.3 Å². The number of fused-ring (bicyclic) bond motifs is 1.